The SMILES string of the molecule is CN(C)C(=N)S[C@@H]1CC(O)[C@H](O)C(CC(F)(F)F)O1. The van der Waals surface area contributed by atoms with Crippen LogP contribution < -0.4 is 0 Å². The van der Waals surface area contributed by atoms with E-state index in [0.29, 0.717) is 0 Å². The third kappa shape index (κ3) is 5.17. The fraction of sp³-hybridized carbons (Fsp3) is 0.900. The van der Waals surface area contributed by atoms with Gasteiger partial charge in [-0.3, -0.25) is 5.41 Å². The Kier molecular flexibility index (Phi) is 5.48. The van der Waals surface area contributed by atoms with Crippen molar-refractivity contribution in [2.75, 3.05) is 14.1 Å². The zero-order valence-corrected chi connectivity index (χ0v) is 11.3. The Labute approximate surface area is 113 Å². The van der Waals surface area contributed by atoms with Crippen LogP contribution in [0, 0.1) is 5.41 Å². The monoisotopic (exact) mass is 302 g/mol. The Balaban J connectivity index is 2.65. The maximum Gasteiger partial charge on any atom is 0.391 e. The van der Waals surface area contributed by atoms with Gasteiger partial charge < -0.3 is 19.8 Å². The molecule has 1 aliphatic heterocycles. The van der Waals surface area contributed by atoms with Crippen molar-refractivity contribution >= 4 is 16.9 Å². The summed E-state index contributed by atoms with van der Waals surface area (Å²) in [6.07, 6.45) is -10.2. The van der Waals surface area contributed by atoms with Gasteiger partial charge in [-0.15, -0.1) is 0 Å². The van der Waals surface area contributed by atoms with E-state index in [4.69, 9.17) is 10.1 Å². The molecular formula is C10H17F3N2O3S. The molecule has 1 fully saturated rings. The number of nitrogens with one attached hydrogen (secondary N) is 1. The smallest absolute Gasteiger partial charge is 0.390 e. The molecule has 3 N–H and O–H groups in total. The van der Waals surface area contributed by atoms with Gasteiger partial charge in [-0.2, -0.15) is 13.2 Å². The predicted octanol–water partition coefficient (Wildman–Crippen LogP) is 1.01. The highest BCUT2D eigenvalue weighted by Gasteiger charge is 2.43. The van der Waals surface area contributed by atoms with Crippen molar-refractivity contribution in [2.24, 2.45) is 0 Å². The van der Waals surface area contributed by atoms with Gasteiger partial charge in [-0.25, -0.2) is 0 Å². The van der Waals surface area contributed by atoms with Crippen LogP contribution in [0.5, 0.6) is 0 Å². The zero-order valence-electron chi connectivity index (χ0n) is 10.5. The second kappa shape index (κ2) is 6.29. The van der Waals surface area contributed by atoms with Crippen molar-refractivity contribution in [1.82, 2.24) is 4.90 Å². The van der Waals surface area contributed by atoms with Gasteiger partial charge in [0, 0.05) is 20.5 Å². The molecule has 2 unspecified atom stereocenters. The van der Waals surface area contributed by atoms with Crippen LogP contribution in [0.15, 0.2) is 0 Å². The van der Waals surface area contributed by atoms with Gasteiger partial charge in [-0.1, -0.05) is 11.8 Å². The highest BCUT2D eigenvalue weighted by molar-refractivity contribution is 8.14. The van der Waals surface area contributed by atoms with Crippen LogP contribution in [0.3, 0.4) is 0 Å². The van der Waals surface area contributed by atoms with E-state index in [-0.39, 0.29) is 11.6 Å². The van der Waals surface area contributed by atoms with E-state index in [1.54, 1.807) is 14.1 Å². The standard InChI is InChI=1S/C10H17F3N2O3S/c1-15(2)9(14)19-7-3-5(16)8(17)6(18-7)4-10(11,12)13/h5-8,14,16-17H,3-4H2,1-2H3/t5?,6?,7-,8+/m1/s1. The fourth-order valence-corrected chi connectivity index (χ4v) is 2.57. The lowest BCUT2D eigenvalue weighted by Gasteiger charge is -2.37. The van der Waals surface area contributed by atoms with E-state index in [1.807, 2.05) is 0 Å². The van der Waals surface area contributed by atoms with Gasteiger partial charge >= 0.3 is 6.18 Å². The number of hydrogen-bond donors (Lipinski definition) is 3. The molecule has 1 aliphatic rings. The summed E-state index contributed by atoms with van der Waals surface area (Å²) in [4.78, 5) is 1.48. The maximum atomic E-state index is 12.3. The van der Waals surface area contributed by atoms with Gasteiger partial charge in [-0.05, 0) is 0 Å². The lowest BCUT2D eigenvalue weighted by Crippen LogP contribution is -2.49. The summed E-state index contributed by atoms with van der Waals surface area (Å²) in [5.41, 5.74) is -0.777. The molecular weight excluding hydrogens is 285 g/mol. The predicted molar refractivity (Wildman–Crippen MR) is 65.0 cm³/mol. The Hall–Kier alpha value is -0.510. The number of thioether (sulfide) groups is 1. The minimum Gasteiger partial charge on any atom is -0.390 e. The summed E-state index contributed by atoms with van der Waals surface area (Å²) < 4.78 is 42.1. The van der Waals surface area contributed by atoms with E-state index in [2.05, 4.69) is 0 Å². The molecule has 112 valence electrons. The zero-order chi connectivity index (χ0) is 14.8. The van der Waals surface area contributed by atoms with Crippen molar-refractivity contribution in [1.29, 1.82) is 5.41 Å². The molecule has 0 aromatic heterocycles. The van der Waals surface area contributed by atoms with Crippen molar-refractivity contribution in [2.45, 2.75) is 42.8 Å². The Bertz CT molecular complexity index is 328. The molecule has 0 aromatic rings. The molecule has 1 saturated heterocycles. The first-order valence-electron chi connectivity index (χ1n) is 5.61. The van der Waals surface area contributed by atoms with Crippen molar-refractivity contribution in [3.63, 3.8) is 0 Å². The number of alkyl halides is 3. The van der Waals surface area contributed by atoms with Crippen LogP contribution >= 0.6 is 11.8 Å². The van der Waals surface area contributed by atoms with Gasteiger partial charge in [0.1, 0.15) is 11.5 Å². The van der Waals surface area contributed by atoms with E-state index in [0.717, 1.165) is 11.8 Å². The summed E-state index contributed by atoms with van der Waals surface area (Å²) in [6, 6.07) is 0. The van der Waals surface area contributed by atoms with Crippen LogP contribution in [0.1, 0.15) is 12.8 Å². The third-order valence-electron chi connectivity index (χ3n) is 2.62. The second-order valence-corrected chi connectivity index (χ2v) is 5.68. The molecule has 1 heterocycles. The Morgan fingerprint density at radius 3 is 2.47 bits per heavy atom. The van der Waals surface area contributed by atoms with Crippen molar-refractivity contribution in [3.8, 4) is 0 Å². The first-order valence-corrected chi connectivity index (χ1v) is 6.49. The summed E-state index contributed by atoms with van der Waals surface area (Å²) in [7, 11) is 3.24. The lowest BCUT2D eigenvalue weighted by molar-refractivity contribution is -0.206. The van der Waals surface area contributed by atoms with E-state index in [9.17, 15) is 23.4 Å². The van der Waals surface area contributed by atoms with Crippen LogP contribution in [0.4, 0.5) is 13.2 Å². The fourth-order valence-electron chi connectivity index (χ4n) is 1.62. The normalized spacial score (nSPS) is 32.2. The molecule has 0 aliphatic carbocycles. The molecule has 4 atom stereocenters. The molecule has 0 radical (unpaired) electrons. The van der Waals surface area contributed by atoms with Crippen molar-refractivity contribution in [3.05, 3.63) is 0 Å². The summed E-state index contributed by atoms with van der Waals surface area (Å²) >= 11 is 0.913. The Morgan fingerprint density at radius 1 is 1.42 bits per heavy atom. The highest BCUT2D eigenvalue weighted by Crippen LogP contribution is 2.34. The number of rotatable bonds is 2. The van der Waals surface area contributed by atoms with Crippen LogP contribution in [-0.2, 0) is 4.74 Å². The first kappa shape index (κ1) is 16.5. The number of aliphatic hydroxyl groups is 2. The van der Waals surface area contributed by atoms with Gasteiger partial charge in [0.05, 0.1) is 18.6 Å². The number of ether oxygens (including phenoxy) is 1. The number of hydrogen-bond acceptors (Lipinski definition) is 5. The molecule has 0 bridgehead atoms. The maximum absolute atomic E-state index is 12.3. The van der Waals surface area contributed by atoms with Gasteiger partial charge in [0.15, 0.2) is 5.17 Å². The second-order valence-electron chi connectivity index (χ2n) is 4.53. The van der Waals surface area contributed by atoms with E-state index < -0.39 is 36.3 Å². The lowest BCUT2D eigenvalue weighted by atomic mass is 10.00. The van der Waals surface area contributed by atoms with Crippen molar-refractivity contribution < 1.29 is 28.1 Å². The third-order valence-corrected chi connectivity index (χ3v) is 3.77. The van der Waals surface area contributed by atoms with Gasteiger partial charge in [0.25, 0.3) is 0 Å². The Morgan fingerprint density at radius 2 is 2.00 bits per heavy atom. The minimum absolute atomic E-state index is 0.0174. The number of nitrogens with zero attached hydrogens (tertiary/aromatic N) is 1. The molecule has 19 heavy (non-hydrogen) atoms. The summed E-state index contributed by atoms with van der Waals surface area (Å²) in [5, 5.41) is 26.8. The molecule has 0 saturated carbocycles. The molecule has 0 spiro atoms. The molecule has 5 nitrogen and oxygen atoms in total. The molecule has 0 aromatic carbocycles. The largest absolute Gasteiger partial charge is 0.391 e. The highest BCUT2D eigenvalue weighted by atomic mass is 32.2. The molecule has 0 amide bonds. The summed E-state index contributed by atoms with van der Waals surface area (Å²) in [6.45, 7) is 0. The number of aliphatic hydroxyl groups excluding tert-OH is 2. The first-order chi connectivity index (χ1) is 8.60. The average Bonchev–Trinajstić information content (AvgIpc) is 2.23. The summed E-state index contributed by atoms with van der Waals surface area (Å²) in [5.74, 6) is 0. The minimum atomic E-state index is -4.48. The van der Waals surface area contributed by atoms with Crippen LogP contribution in [0.2, 0.25) is 0 Å². The van der Waals surface area contributed by atoms with Crippen LogP contribution in [-0.4, -0.2) is 64.3 Å². The molecule has 9 heteroatoms. The quantitative estimate of drug-likeness (QED) is 0.524. The average molecular weight is 302 g/mol. The topological polar surface area (TPSA) is 76.8 Å². The van der Waals surface area contributed by atoms with Gasteiger partial charge in [0.2, 0.25) is 0 Å². The molecule has 1 rings (SSSR count). The number of halogens is 3. The van der Waals surface area contributed by atoms with Crippen LogP contribution in [0.25, 0.3) is 0 Å². The van der Waals surface area contributed by atoms with E-state index in [1.165, 1.54) is 4.90 Å². The number of amidine groups is 1. The van der Waals surface area contributed by atoms with E-state index >= 15 is 0 Å².